The summed E-state index contributed by atoms with van der Waals surface area (Å²) < 4.78 is 5.44. The van der Waals surface area contributed by atoms with Crippen LogP contribution in [-0.4, -0.2) is 23.3 Å². The molecule has 1 N–H and O–H groups in total. The van der Waals surface area contributed by atoms with E-state index in [2.05, 4.69) is 6.92 Å². The molecule has 0 saturated carbocycles. The molecule has 0 bridgehead atoms. The Balaban J connectivity index is 1.96. The molecule has 1 fully saturated rings. The SMILES string of the molecule is CCCCCCCCCC1OC1C=C(C)C(=O)O. The summed E-state index contributed by atoms with van der Waals surface area (Å²) in [4.78, 5) is 10.6. The minimum Gasteiger partial charge on any atom is -0.478 e. The molecule has 0 aromatic rings. The Morgan fingerprint density at radius 3 is 2.39 bits per heavy atom. The molecule has 0 amide bonds. The fourth-order valence-corrected chi connectivity index (χ4v) is 2.16. The molecule has 1 aliphatic heterocycles. The Morgan fingerprint density at radius 1 is 1.17 bits per heavy atom. The van der Waals surface area contributed by atoms with Crippen LogP contribution in [0.25, 0.3) is 0 Å². The summed E-state index contributed by atoms with van der Waals surface area (Å²) in [5, 5.41) is 8.74. The van der Waals surface area contributed by atoms with Gasteiger partial charge in [-0.3, -0.25) is 0 Å². The summed E-state index contributed by atoms with van der Waals surface area (Å²) in [6, 6.07) is 0. The second kappa shape index (κ2) is 8.30. The highest BCUT2D eigenvalue weighted by Gasteiger charge is 2.36. The summed E-state index contributed by atoms with van der Waals surface area (Å²) in [5.74, 6) is -0.847. The maximum Gasteiger partial charge on any atom is 0.331 e. The van der Waals surface area contributed by atoms with Gasteiger partial charge in [0.2, 0.25) is 0 Å². The van der Waals surface area contributed by atoms with E-state index >= 15 is 0 Å². The van der Waals surface area contributed by atoms with Gasteiger partial charge in [0.1, 0.15) is 6.10 Å². The van der Waals surface area contributed by atoms with Crippen molar-refractivity contribution in [1.29, 1.82) is 0 Å². The number of aliphatic carboxylic acids is 1. The van der Waals surface area contributed by atoms with Crippen molar-refractivity contribution in [2.75, 3.05) is 0 Å². The van der Waals surface area contributed by atoms with E-state index in [4.69, 9.17) is 9.84 Å². The minimum atomic E-state index is -0.847. The van der Waals surface area contributed by atoms with Crippen molar-refractivity contribution >= 4 is 5.97 Å². The Labute approximate surface area is 110 Å². The van der Waals surface area contributed by atoms with Crippen molar-refractivity contribution in [3.63, 3.8) is 0 Å². The molecular formula is C15H26O3. The van der Waals surface area contributed by atoms with Gasteiger partial charge in [-0.2, -0.15) is 0 Å². The maximum atomic E-state index is 10.6. The normalized spacial score (nSPS) is 23.1. The smallest absolute Gasteiger partial charge is 0.331 e. The average molecular weight is 254 g/mol. The molecule has 0 aliphatic carbocycles. The largest absolute Gasteiger partial charge is 0.478 e. The van der Waals surface area contributed by atoms with Crippen LogP contribution in [0.5, 0.6) is 0 Å². The first-order valence-corrected chi connectivity index (χ1v) is 7.22. The van der Waals surface area contributed by atoms with Gasteiger partial charge in [0.05, 0.1) is 6.10 Å². The molecule has 0 aromatic carbocycles. The van der Waals surface area contributed by atoms with E-state index in [1.165, 1.54) is 44.9 Å². The second-order valence-corrected chi connectivity index (χ2v) is 5.20. The molecule has 3 nitrogen and oxygen atoms in total. The van der Waals surface area contributed by atoms with Crippen LogP contribution in [-0.2, 0) is 9.53 Å². The van der Waals surface area contributed by atoms with Crippen LogP contribution in [0.4, 0.5) is 0 Å². The lowest BCUT2D eigenvalue weighted by molar-refractivity contribution is -0.132. The summed E-state index contributed by atoms with van der Waals surface area (Å²) in [5.41, 5.74) is 0.391. The van der Waals surface area contributed by atoms with Crippen molar-refractivity contribution in [1.82, 2.24) is 0 Å². The number of carboxylic acids is 1. The van der Waals surface area contributed by atoms with Gasteiger partial charge < -0.3 is 9.84 Å². The fourth-order valence-electron chi connectivity index (χ4n) is 2.16. The number of ether oxygens (including phenoxy) is 1. The van der Waals surface area contributed by atoms with Gasteiger partial charge in [0.25, 0.3) is 0 Å². The van der Waals surface area contributed by atoms with Crippen molar-refractivity contribution in [2.45, 2.75) is 77.4 Å². The minimum absolute atomic E-state index is 0.0567. The van der Waals surface area contributed by atoms with E-state index in [1.54, 1.807) is 13.0 Å². The average Bonchev–Trinajstić information content (AvgIpc) is 3.06. The summed E-state index contributed by atoms with van der Waals surface area (Å²) in [7, 11) is 0. The third kappa shape index (κ3) is 6.20. The quantitative estimate of drug-likeness (QED) is 0.365. The van der Waals surface area contributed by atoms with Crippen LogP contribution in [0.15, 0.2) is 11.6 Å². The number of carbonyl (C=O) groups is 1. The number of carboxylic acid groups (broad SMARTS) is 1. The molecule has 2 unspecified atom stereocenters. The predicted octanol–water partition coefficient (Wildman–Crippen LogP) is 3.93. The van der Waals surface area contributed by atoms with Gasteiger partial charge in [0, 0.05) is 5.57 Å². The van der Waals surface area contributed by atoms with E-state index in [1.807, 2.05) is 0 Å². The first kappa shape index (κ1) is 15.2. The zero-order valence-electron chi connectivity index (χ0n) is 11.7. The van der Waals surface area contributed by atoms with Gasteiger partial charge in [-0.05, 0) is 19.4 Å². The third-order valence-corrected chi connectivity index (χ3v) is 3.47. The lowest BCUT2D eigenvalue weighted by atomic mass is 10.1. The molecule has 1 heterocycles. The number of rotatable bonds is 10. The van der Waals surface area contributed by atoms with E-state index in [-0.39, 0.29) is 12.2 Å². The molecule has 1 saturated heterocycles. The first-order valence-electron chi connectivity index (χ1n) is 7.22. The molecule has 1 aliphatic rings. The molecule has 2 atom stereocenters. The maximum absolute atomic E-state index is 10.6. The molecule has 1 rings (SSSR count). The highest BCUT2D eigenvalue weighted by atomic mass is 16.6. The number of hydrogen-bond acceptors (Lipinski definition) is 2. The third-order valence-electron chi connectivity index (χ3n) is 3.47. The highest BCUT2D eigenvalue weighted by Crippen LogP contribution is 2.29. The zero-order chi connectivity index (χ0) is 13.4. The Kier molecular flexibility index (Phi) is 7.02. The van der Waals surface area contributed by atoms with Crippen molar-refractivity contribution in [3.05, 3.63) is 11.6 Å². The van der Waals surface area contributed by atoms with Crippen LogP contribution < -0.4 is 0 Å². The first-order chi connectivity index (χ1) is 8.65. The highest BCUT2D eigenvalue weighted by molar-refractivity contribution is 5.85. The zero-order valence-corrected chi connectivity index (χ0v) is 11.7. The summed E-state index contributed by atoms with van der Waals surface area (Å²) >= 11 is 0. The standard InChI is InChI=1S/C15H26O3/c1-3-4-5-6-7-8-9-10-13-14(18-13)11-12(2)15(16)17/h11,13-14H,3-10H2,1-2H3,(H,16,17). The van der Waals surface area contributed by atoms with Gasteiger partial charge in [0.15, 0.2) is 0 Å². The lowest BCUT2D eigenvalue weighted by Crippen LogP contribution is -1.99. The topological polar surface area (TPSA) is 49.8 Å². The van der Waals surface area contributed by atoms with E-state index in [0.717, 1.165) is 6.42 Å². The Hall–Kier alpha value is -0.830. The Morgan fingerprint density at radius 2 is 1.78 bits per heavy atom. The predicted molar refractivity (Wildman–Crippen MR) is 72.7 cm³/mol. The Bertz CT molecular complexity index is 283. The number of hydrogen-bond donors (Lipinski definition) is 1. The van der Waals surface area contributed by atoms with Crippen molar-refractivity contribution in [3.8, 4) is 0 Å². The van der Waals surface area contributed by atoms with E-state index < -0.39 is 5.97 Å². The molecule has 18 heavy (non-hydrogen) atoms. The van der Waals surface area contributed by atoms with Crippen LogP contribution in [0, 0.1) is 0 Å². The van der Waals surface area contributed by atoms with Crippen LogP contribution in [0.1, 0.15) is 65.2 Å². The lowest BCUT2D eigenvalue weighted by Gasteiger charge is -1.99. The fraction of sp³-hybridized carbons (Fsp3) is 0.800. The van der Waals surface area contributed by atoms with Gasteiger partial charge in [-0.1, -0.05) is 51.9 Å². The molecule has 3 heteroatoms. The molecular weight excluding hydrogens is 228 g/mol. The number of epoxide rings is 1. The summed E-state index contributed by atoms with van der Waals surface area (Å²) in [6.07, 6.45) is 12.3. The molecule has 0 radical (unpaired) electrons. The van der Waals surface area contributed by atoms with Gasteiger partial charge in [-0.25, -0.2) is 4.79 Å². The second-order valence-electron chi connectivity index (χ2n) is 5.20. The van der Waals surface area contributed by atoms with Gasteiger partial charge in [-0.15, -0.1) is 0 Å². The van der Waals surface area contributed by atoms with Crippen molar-refractivity contribution in [2.24, 2.45) is 0 Å². The van der Waals surface area contributed by atoms with Crippen LogP contribution in [0.2, 0.25) is 0 Å². The monoisotopic (exact) mass is 254 g/mol. The van der Waals surface area contributed by atoms with Crippen LogP contribution >= 0.6 is 0 Å². The van der Waals surface area contributed by atoms with Gasteiger partial charge >= 0.3 is 5.97 Å². The van der Waals surface area contributed by atoms with Crippen LogP contribution in [0.3, 0.4) is 0 Å². The number of unbranched alkanes of at least 4 members (excludes halogenated alkanes) is 6. The molecule has 104 valence electrons. The van der Waals surface area contributed by atoms with E-state index in [9.17, 15) is 4.79 Å². The van der Waals surface area contributed by atoms with E-state index in [0.29, 0.717) is 5.57 Å². The molecule has 0 spiro atoms. The van der Waals surface area contributed by atoms with Crippen molar-refractivity contribution < 1.29 is 14.6 Å². The molecule has 0 aromatic heterocycles. The summed E-state index contributed by atoms with van der Waals surface area (Å²) in [6.45, 7) is 3.85.